The highest BCUT2D eigenvalue weighted by Crippen LogP contribution is 2.26. The first-order valence-corrected chi connectivity index (χ1v) is 6.88. The van der Waals surface area contributed by atoms with Crippen molar-refractivity contribution in [2.75, 3.05) is 19.7 Å². The molecule has 5 nitrogen and oxygen atoms in total. The average Bonchev–Trinajstić information content (AvgIpc) is 3.16. The molecule has 0 heterocycles. The molecule has 0 aromatic carbocycles. The highest BCUT2D eigenvalue weighted by Gasteiger charge is 2.31. The van der Waals surface area contributed by atoms with Gasteiger partial charge in [-0.1, -0.05) is 0 Å². The quantitative estimate of drug-likeness (QED) is 0.647. The van der Waals surface area contributed by atoms with E-state index < -0.39 is 0 Å². The summed E-state index contributed by atoms with van der Waals surface area (Å²) in [6.45, 7) is 3.19. The van der Waals surface area contributed by atoms with Crippen LogP contribution >= 0.6 is 0 Å². The van der Waals surface area contributed by atoms with Crippen LogP contribution < -0.4 is 5.32 Å². The van der Waals surface area contributed by atoms with Crippen LogP contribution in [-0.4, -0.2) is 48.6 Å². The predicted octanol–water partition coefficient (Wildman–Crippen LogP) is 0.683. The van der Waals surface area contributed by atoms with Gasteiger partial charge in [0.15, 0.2) is 0 Å². The first-order chi connectivity index (χ1) is 8.69. The van der Waals surface area contributed by atoms with E-state index in [0.717, 1.165) is 25.7 Å². The number of carbonyl (C=O) groups is 2. The topological polar surface area (TPSA) is 58.6 Å². The van der Waals surface area contributed by atoms with Crippen LogP contribution in [0.1, 0.15) is 39.0 Å². The normalized spacial score (nSPS) is 18.8. The first-order valence-electron chi connectivity index (χ1n) is 6.88. The fraction of sp³-hybridized carbons (Fsp3) is 0.846. The summed E-state index contributed by atoms with van der Waals surface area (Å²) >= 11 is 0. The third kappa shape index (κ3) is 4.64. The number of nitrogens with zero attached hydrogens (tertiary/aromatic N) is 1. The van der Waals surface area contributed by atoms with Gasteiger partial charge in [0.1, 0.15) is 0 Å². The van der Waals surface area contributed by atoms with Gasteiger partial charge in [-0.05, 0) is 32.6 Å². The zero-order valence-corrected chi connectivity index (χ0v) is 11.0. The Labute approximate surface area is 108 Å². The Morgan fingerprint density at radius 1 is 1.28 bits per heavy atom. The molecule has 0 atom stereocenters. The van der Waals surface area contributed by atoms with Crippen molar-refractivity contribution in [3.8, 4) is 0 Å². The molecule has 1 N–H and O–H groups in total. The zero-order chi connectivity index (χ0) is 13.0. The fourth-order valence-electron chi connectivity index (χ4n) is 1.98. The van der Waals surface area contributed by atoms with Crippen molar-refractivity contribution in [3.05, 3.63) is 0 Å². The number of esters is 1. The van der Waals surface area contributed by atoms with E-state index in [9.17, 15) is 9.59 Å². The van der Waals surface area contributed by atoms with Crippen LogP contribution in [0, 0.1) is 0 Å². The van der Waals surface area contributed by atoms with Crippen LogP contribution in [0.2, 0.25) is 0 Å². The predicted molar refractivity (Wildman–Crippen MR) is 67.0 cm³/mol. The number of hydrogen-bond donors (Lipinski definition) is 1. The Bertz CT molecular complexity index is 311. The highest BCUT2D eigenvalue weighted by molar-refractivity contribution is 5.77. The van der Waals surface area contributed by atoms with E-state index in [1.54, 1.807) is 0 Å². The Morgan fingerprint density at radius 2 is 2.00 bits per heavy atom. The molecule has 2 aliphatic carbocycles. The van der Waals surface area contributed by atoms with Gasteiger partial charge < -0.3 is 10.1 Å². The van der Waals surface area contributed by atoms with Gasteiger partial charge in [-0.15, -0.1) is 0 Å². The Balaban J connectivity index is 1.68. The molecule has 1 amide bonds. The third-order valence-corrected chi connectivity index (χ3v) is 3.27. The lowest BCUT2D eigenvalue weighted by Crippen LogP contribution is -2.36. The minimum Gasteiger partial charge on any atom is -0.465 e. The average molecular weight is 254 g/mol. The van der Waals surface area contributed by atoms with Gasteiger partial charge >= 0.3 is 5.97 Å². The summed E-state index contributed by atoms with van der Waals surface area (Å²) < 4.78 is 4.95. The smallest absolute Gasteiger partial charge is 0.320 e. The molecule has 5 heteroatoms. The summed E-state index contributed by atoms with van der Waals surface area (Å²) in [7, 11) is 0. The van der Waals surface area contributed by atoms with Crippen molar-refractivity contribution in [1.29, 1.82) is 0 Å². The van der Waals surface area contributed by atoms with Gasteiger partial charge in [-0.3, -0.25) is 14.5 Å². The van der Waals surface area contributed by atoms with Gasteiger partial charge in [-0.25, -0.2) is 0 Å². The maximum Gasteiger partial charge on any atom is 0.320 e. The molecular weight excluding hydrogens is 232 g/mol. The lowest BCUT2D eigenvalue weighted by molar-refractivity contribution is -0.144. The van der Waals surface area contributed by atoms with E-state index in [2.05, 4.69) is 10.2 Å². The van der Waals surface area contributed by atoms with E-state index in [0.29, 0.717) is 38.2 Å². The van der Waals surface area contributed by atoms with Crippen molar-refractivity contribution < 1.29 is 14.3 Å². The SMILES string of the molecule is CCOC(=O)CN(CCC(=O)NC1CC1)C1CC1. The monoisotopic (exact) mass is 254 g/mol. The summed E-state index contributed by atoms with van der Waals surface area (Å²) in [5, 5.41) is 2.97. The van der Waals surface area contributed by atoms with Crippen molar-refractivity contribution in [2.45, 2.75) is 51.1 Å². The third-order valence-electron chi connectivity index (χ3n) is 3.27. The second kappa shape index (κ2) is 6.18. The number of ether oxygens (including phenoxy) is 1. The summed E-state index contributed by atoms with van der Waals surface area (Å²) in [6, 6.07) is 0.889. The molecule has 0 aromatic rings. The van der Waals surface area contributed by atoms with Crippen LogP contribution in [0.3, 0.4) is 0 Å². The number of rotatable bonds is 8. The van der Waals surface area contributed by atoms with Gasteiger partial charge in [0.05, 0.1) is 13.2 Å². The lowest BCUT2D eigenvalue weighted by atomic mass is 10.3. The molecule has 2 fully saturated rings. The van der Waals surface area contributed by atoms with Crippen LogP contribution in [0.25, 0.3) is 0 Å². The van der Waals surface area contributed by atoms with E-state index in [1.165, 1.54) is 0 Å². The minimum absolute atomic E-state index is 0.104. The van der Waals surface area contributed by atoms with Crippen molar-refractivity contribution in [2.24, 2.45) is 0 Å². The van der Waals surface area contributed by atoms with Crippen molar-refractivity contribution in [1.82, 2.24) is 10.2 Å². The first kappa shape index (κ1) is 13.3. The maximum atomic E-state index is 11.6. The standard InChI is InChI=1S/C13H22N2O3/c1-2-18-13(17)9-15(11-5-6-11)8-7-12(16)14-10-3-4-10/h10-11H,2-9H2,1H3,(H,14,16). The second-order valence-corrected chi connectivity index (χ2v) is 5.10. The van der Waals surface area contributed by atoms with Crippen molar-refractivity contribution >= 4 is 11.9 Å². The molecule has 0 unspecified atom stereocenters. The minimum atomic E-state index is -0.188. The molecule has 0 aliphatic heterocycles. The summed E-state index contributed by atoms with van der Waals surface area (Å²) in [5.74, 6) is -0.0843. The van der Waals surface area contributed by atoms with Gasteiger partial charge in [0.25, 0.3) is 0 Å². The fourth-order valence-corrected chi connectivity index (χ4v) is 1.98. The molecule has 2 rings (SSSR count). The maximum absolute atomic E-state index is 11.6. The second-order valence-electron chi connectivity index (χ2n) is 5.10. The molecule has 0 spiro atoms. The molecule has 0 bridgehead atoms. The molecule has 0 aromatic heterocycles. The molecular formula is C13H22N2O3. The molecule has 18 heavy (non-hydrogen) atoms. The van der Waals surface area contributed by atoms with Gasteiger partial charge in [0, 0.05) is 25.0 Å². The number of carbonyl (C=O) groups excluding carboxylic acids is 2. The summed E-state index contributed by atoms with van der Waals surface area (Å²) in [4.78, 5) is 25.1. The van der Waals surface area contributed by atoms with Crippen LogP contribution in [0.15, 0.2) is 0 Å². The lowest BCUT2D eigenvalue weighted by Gasteiger charge is -2.20. The van der Waals surface area contributed by atoms with E-state index >= 15 is 0 Å². The van der Waals surface area contributed by atoms with Gasteiger partial charge in [0.2, 0.25) is 5.91 Å². The summed E-state index contributed by atoms with van der Waals surface area (Å²) in [5.41, 5.74) is 0. The van der Waals surface area contributed by atoms with E-state index in [-0.39, 0.29) is 11.9 Å². The molecule has 0 radical (unpaired) electrons. The van der Waals surface area contributed by atoms with Gasteiger partial charge in [-0.2, -0.15) is 0 Å². The number of nitrogens with one attached hydrogen (secondary N) is 1. The highest BCUT2D eigenvalue weighted by atomic mass is 16.5. The van der Waals surface area contributed by atoms with Crippen molar-refractivity contribution in [3.63, 3.8) is 0 Å². The van der Waals surface area contributed by atoms with E-state index in [4.69, 9.17) is 4.74 Å². The summed E-state index contributed by atoms with van der Waals surface area (Å²) in [6.07, 6.45) is 4.96. The Hall–Kier alpha value is -1.10. The molecule has 2 saturated carbocycles. The molecule has 0 saturated heterocycles. The Kier molecular flexibility index (Phi) is 4.58. The van der Waals surface area contributed by atoms with Crippen LogP contribution in [-0.2, 0) is 14.3 Å². The van der Waals surface area contributed by atoms with Crippen LogP contribution in [0.5, 0.6) is 0 Å². The van der Waals surface area contributed by atoms with E-state index in [1.807, 2.05) is 6.92 Å². The zero-order valence-electron chi connectivity index (χ0n) is 11.0. The molecule has 2 aliphatic rings. The Morgan fingerprint density at radius 3 is 2.56 bits per heavy atom. The number of hydrogen-bond acceptors (Lipinski definition) is 4. The largest absolute Gasteiger partial charge is 0.465 e. The van der Waals surface area contributed by atoms with Crippen LogP contribution in [0.4, 0.5) is 0 Å². The molecule has 102 valence electrons. The number of amides is 1.